The number of aliphatic carboxylic acids is 3. The molecule has 0 aromatic carbocycles. The van der Waals surface area contributed by atoms with Gasteiger partial charge in [0.2, 0.25) is 0 Å². The van der Waals surface area contributed by atoms with E-state index in [1.807, 2.05) is 20.8 Å². The molecular weight excluding hydrogens is 458 g/mol. The standard InChI is InChI=1S/C29H53NO6/c1-5-9-10-11-12-13-14-15-16-17-18-19-23-30(24(20-6-2)27(31)32,25(21-7-3)28(33)34)26(22-8-4)29(35)36/h9-10,24-26H,5-8,11-23H2,1-4H3,(H2-,31,32,33,34,35,36)/b10-9+. The summed E-state index contributed by atoms with van der Waals surface area (Å²) in [4.78, 5) is 37.4. The van der Waals surface area contributed by atoms with Gasteiger partial charge >= 0.3 is 11.9 Å². The number of quaternary nitrogens is 1. The lowest BCUT2D eigenvalue weighted by atomic mass is 9.91. The molecule has 0 aliphatic carbocycles. The maximum atomic E-state index is 12.5. The molecule has 0 aliphatic rings. The Kier molecular flexibility index (Phi) is 19.1. The van der Waals surface area contributed by atoms with Gasteiger partial charge < -0.3 is 20.1 Å². The molecular formula is C29H53NO6. The highest BCUT2D eigenvalue weighted by Crippen LogP contribution is 2.34. The summed E-state index contributed by atoms with van der Waals surface area (Å²) in [6.45, 7) is 7.92. The van der Waals surface area contributed by atoms with E-state index in [2.05, 4.69) is 19.1 Å². The van der Waals surface area contributed by atoms with Gasteiger partial charge in [0.25, 0.3) is 0 Å². The van der Waals surface area contributed by atoms with Crippen molar-refractivity contribution in [3.63, 3.8) is 0 Å². The van der Waals surface area contributed by atoms with E-state index in [-0.39, 0.29) is 25.8 Å². The van der Waals surface area contributed by atoms with Gasteiger partial charge in [0.05, 0.1) is 12.5 Å². The fourth-order valence-electron chi connectivity index (χ4n) is 5.63. The van der Waals surface area contributed by atoms with Crippen molar-refractivity contribution in [3.8, 4) is 0 Å². The van der Waals surface area contributed by atoms with Crippen LogP contribution in [0.2, 0.25) is 0 Å². The first kappa shape index (κ1) is 34.1. The third kappa shape index (κ3) is 11.4. The van der Waals surface area contributed by atoms with Crippen molar-refractivity contribution in [1.29, 1.82) is 0 Å². The summed E-state index contributed by atoms with van der Waals surface area (Å²) in [7, 11) is 0. The second-order valence-electron chi connectivity index (χ2n) is 10.1. The molecule has 0 spiro atoms. The number of carboxylic acid groups (broad SMARTS) is 3. The summed E-state index contributed by atoms with van der Waals surface area (Å²) in [5, 5.41) is 32.8. The molecule has 0 radical (unpaired) electrons. The van der Waals surface area contributed by atoms with Gasteiger partial charge in [-0.25, -0.2) is 9.59 Å². The summed E-state index contributed by atoms with van der Waals surface area (Å²) in [5.74, 6) is -3.57. The quantitative estimate of drug-likeness (QED) is 0.0975. The van der Waals surface area contributed by atoms with Crippen LogP contribution in [0.4, 0.5) is 0 Å². The van der Waals surface area contributed by atoms with E-state index in [1.165, 1.54) is 19.3 Å². The Bertz CT molecular complexity index is 588. The summed E-state index contributed by atoms with van der Waals surface area (Å²) < 4.78 is -0.437. The predicted octanol–water partition coefficient (Wildman–Crippen LogP) is 5.71. The van der Waals surface area contributed by atoms with Crippen LogP contribution in [-0.4, -0.2) is 57.3 Å². The zero-order valence-corrected chi connectivity index (χ0v) is 23.4. The lowest BCUT2D eigenvalue weighted by Gasteiger charge is -2.52. The molecule has 0 bridgehead atoms. The molecule has 0 aromatic heterocycles. The second kappa shape index (κ2) is 20.2. The molecule has 36 heavy (non-hydrogen) atoms. The topological polar surface area (TPSA) is 115 Å². The number of allylic oxidation sites excluding steroid dienone is 2. The molecule has 210 valence electrons. The highest BCUT2D eigenvalue weighted by Gasteiger charge is 2.54. The molecule has 3 atom stereocenters. The Morgan fingerprint density at radius 3 is 1.47 bits per heavy atom. The van der Waals surface area contributed by atoms with Crippen molar-refractivity contribution >= 4 is 17.9 Å². The Hall–Kier alpha value is -1.89. The number of rotatable bonds is 24. The highest BCUT2D eigenvalue weighted by atomic mass is 16.4. The van der Waals surface area contributed by atoms with Gasteiger partial charge in [-0.15, -0.1) is 0 Å². The molecule has 0 heterocycles. The van der Waals surface area contributed by atoms with Crippen LogP contribution in [0.15, 0.2) is 12.2 Å². The minimum atomic E-state index is -1.34. The minimum Gasteiger partial charge on any atom is -0.544 e. The summed E-state index contributed by atoms with van der Waals surface area (Å²) in [6, 6.07) is -3.32. The fraction of sp³-hybridized carbons (Fsp3) is 0.828. The molecule has 0 rings (SSSR count). The smallest absolute Gasteiger partial charge is 0.362 e. The van der Waals surface area contributed by atoms with Crippen molar-refractivity contribution in [1.82, 2.24) is 0 Å². The monoisotopic (exact) mass is 511 g/mol. The Labute approximate surface area is 219 Å². The van der Waals surface area contributed by atoms with E-state index in [1.54, 1.807) is 0 Å². The van der Waals surface area contributed by atoms with E-state index in [4.69, 9.17) is 0 Å². The Balaban J connectivity index is 5.56. The number of carboxylic acids is 3. The van der Waals surface area contributed by atoms with E-state index in [0.717, 1.165) is 38.5 Å². The number of hydrogen-bond donors (Lipinski definition) is 2. The van der Waals surface area contributed by atoms with E-state index in [0.29, 0.717) is 25.7 Å². The average molecular weight is 512 g/mol. The molecule has 0 aromatic rings. The lowest BCUT2D eigenvalue weighted by Crippen LogP contribution is -2.74. The van der Waals surface area contributed by atoms with Crippen LogP contribution < -0.4 is 5.11 Å². The molecule has 0 saturated carbocycles. The van der Waals surface area contributed by atoms with Gasteiger partial charge in [0.1, 0.15) is 6.04 Å². The predicted molar refractivity (Wildman–Crippen MR) is 142 cm³/mol. The lowest BCUT2D eigenvalue weighted by molar-refractivity contribution is -0.975. The van der Waals surface area contributed by atoms with E-state index in [9.17, 15) is 29.7 Å². The number of nitrogens with zero attached hydrogens (tertiary/aromatic N) is 1. The minimum absolute atomic E-state index is 0.205. The third-order valence-electron chi connectivity index (χ3n) is 7.34. The van der Waals surface area contributed by atoms with Crippen molar-refractivity contribution < 1.29 is 34.2 Å². The van der Waals surface area contributed by atoms with E-state index < -0.39 is 40.5 Å². The van der Waals surface area contributed by atoms with Gasteiger partial charge in [-0.1, -0.05) is 78.4 Å². The largest absolute Gasteiger partial charge is 0.544 e. The molecule has 7 heteroatoms. The average Bonchev–Trinajstić information content (AvgIpc) is 2.83. The van der Waals surface area contributed by atoms with Gasteiger partial charge in [0.15, 0.2) is 12.1 Å². The number of carbonyl (C=O) groups excluding carboxylic acids is 1. The fourth-order valence-corrected chi connectivity index (χ4v) is 5.63. The molecule has 0 fully saturated rings. The van der Waals surface area contributed by atoms with Gasteiger partial charge in [0, 0.05) is 19.3 Å². The summed E-state index contributed by atoms with van der Waals surface area (Å²) in [5.41, 5.74) is 0. The maximum Gasteiger partial charge on any atom is 0.362 e. The first-order valence-electron chi connectivity index (χ1n) is 14.4. The van der Waals surface area contributed by atoms with Crippen LogP contribution in [0.5, 0.6) is 0 Å². The van der Waals surface area contributed by atoms with Crippen LogP contribution in [0, 0.1) is 0 Å². The van der Waals surface area contributed by atoms with Gasteiger partial charge in [-0.05, 0) is 44.9 Å². The first-order valence-corrected chi connectivity index (χ1v) is 14.4. The van der Waals surface area contributed by atoms with Crippen LogP contribution in [0.3, 0.4) is 0 Å². The maximum absolute atomic E-state index is 12.5. The summed E-state index contributed by atoms with van der Waals surface area (Å²) >= 11 is 0. The van der Waals surface area contributed by atoms with Crippen LogP contribution in [0.25, 0.3) is 0 Å². The van der Waals surface area contributed by atoms with E-state index >= 15 is 0 Å². The zero-order chi connectivity index (χ0) is 27.4. The zero-order valence-electron chi connectivity index (χ0n) is 23.4. The molecule has 3 unspecified atom stereocenters. The molecule has 0 aliphatic heterocycles. The Morgan fingerprint density at radius 2 is 1.08 bits per heavy atom. The van der Waals surface area contributed by atoms with Crippen molar-refractivity contribution in [2.45, 2.75) is 149 Å². The molecule has 0 amide bonds. The van der Waals surface area contributed by atoms with Crippen molar-refractivity contribution in [3.05, 3.63) is 12.2 Å². The first-order chi connectivity index (χ1) is 17.2. The van der Waals surface area contributed by atoms with Gasteiger partial charge in [-0.3, -0.25) is 4.48 Å². The molecule has 2 N–H and O–H groups in total. The second-order valence-corrected chi connectivity index (χ2v) is 10.1. The van der Waals surface area contributed by atoms with Crippen LogP contribution in [0.1, 0.15) is 130 Å². The van der Waals surface area contributed by atoms with Crippen LogP contribution in [-0.2, 0) is 14.4 Å². The Morgan fingerprint density at radius 1 is 0.667 bits per heavy atom. The number of unbranched alkanes of at least 4 members (excludes halogenated alkanes) is 8. The molecule has 0 saturated heterocycles. The van der Waals surface area contributed by atoms with Crippen molar-refractivity contribution in [2.24, 2.45) is 0 Å². The summed E-state index contributed by atoms with van der Waals surface area (Å²) in [6.07, 6.45) is 17.2. The number of carbonyl (C=O) groups is 3. The van der Waals surface area contributed by atoms with Crippen molar-refractivity contribution in [2.75, 3.05) is 6.54 Å². The SMILES string of the molecule is CC/C=C/CCCCCCCCCC[N+](C(CCC)C(=O)[O-])(C(CCC)C(=O)O)C(CCC)C(=O)O. The van der Waals surface area contributed by atoms with Crippen LogP contribution >= 0.6 is 0 Å². The third-order valence-corrected chi connectivity index (χ3v) is 7.34. The number of hydrogen-bond acceptors (Lipinski definition) is 4. The van der Waals surface area contributed by atoms with Gasteiger partial charge in [-0.2, -0.15) is 0 Å². The normalized spacial score (nSPS) is 15.9. The highest BCUT2D eigenvalue weighted by molar-refractivity contribution is 5.77. The molecule has 7 nitrogen and oxygen atoms in total.